The lowest BCUT2D eigenvalue weighted by Crippen LogP contribution is -2.13. The molecular weight excluding hydrogens is 753 g/mol. The molecule has 8 aromatic rings. The van der Waals surface area contributed by atoms with Crippen LogP contribution in [0.5, 0.6) is 0 Å². The minimum Gasteiger partial charge on any atom is -0.478 e. The van der Waals surface area contributed by atoms with Crippen molar-refractivity contribution in [1.29, 1.82) is 0 Å². The van der Waals surface area contributed by atoms with E-state index in [4.69, 9.17) is 10.8 Å². The highest BCUT2D eigenvalue weighted by Crippen LogP contribution is 2.22. The number of hydrogen-bond acceptors (Lipinski definition) is 11. The standard InChI is InChI=1S/C24H23N5O.C12H15N5.C11H8O2/c1-16-14-22(29(2)3)28-24(25-16)27-21-12-10-20(11-13-21)26-23(30)19-9-8-17-6-4-5-7-18(17)15-19;1-17(2)11-7-8-14-12(16-11)15-10-5-3-9(13)4-6-10;12-11(13)10-6-5-8-3-1-2-4-9(8)7-10/h4-15H,1-3H3,(H,26,30)(H,25,27,28);3-8H,13H2,1-2H3,(H,14,15,16);1-7H,(H,12,13). The summed E-state index contributed by atoms with van der Waals surface area (Å²) in [5.74, 6) is 1.78. The van der Waals surface area contributed by atoms with Gasteiger partial charge in [0.2, 0.25) is 11.9 Å². The number of amides is 1. The lowest BCUT2D eigenvalue weighted by atomic mass is 10.1. The molecule has 0 unspecified atom stereocenters. The van der Waals surface area contributed by atoms with E-state index < -0.39 is 5.97 Å². The first-order valence-corrected chi connectivity index (χ1v) is 19.0. The van der Waals surface area contributed by atoms with Crippen molar-refractivity contribution in [1.82, 2.24) is 19.9 Å². The van der Waals surface area contributed by atoms with Crippen LogP contribution in [0.1, 0.15) is 26.4 Å². The summed E-state index contributed by atoms with van der Waals surface area (Å²) in [7, 11) is 7.77. The number of nitrogens with one attached hydrogen (secondary N) is 3. The lowest BCUT2D eigenvalue weighted by Gasteiger charge is -2.14. The predicted molar refractivity (Wildman–Crippen MR) is 244 cm³/mol. The first kappa shape index (κ1) is 41.6. The molecule has 0 aliphatic carbocycles. The lowest BCUT2D eigenvalue weighted by molar-refractivity contribution is 0.0696. The highest BCUT2D eigenvalue weighted by Gasteiger charge is 2.09. The van der Waals surface area contributed by atoms with Crippen molar-refractivity contribution in [3.63, 3.8) is 0 Å². The van der Waals surface area contributed by atoms with Crippen LogP contribution in [-0.4, -0.2) is 65.1 Å². The summed E-state index contributed by atoms with van der Waals surface area (Å²) in [5.41, 5.74) is 10.7. The Morgan fingerprint density at radius 2 is 1.05 bits per heavy atom. The van der Waals surface area contributed by atoms with Crippen LogP contribution in [-0.2, 0) is 0 Å². The van der Waals surface area contributed by atoms with E-state index in [1.54, 1.807) is 18.3 Å². The van der Waals surface area contributed by atoms with Crippen LogP contribution < -0.4 is 31.5 Å². The van der Waals surface area contributed by atoms with Crippen molar-refractivity contribution in [3.8, 4) is 0 Å². The minimum absolute atomic E-state index is 0.140. The largest absolute Gasteiger partial charge is 0.478 e. The molecule has 2 aromatic heterocycles. The fourth-order valence-corrected chi connectivity index (χ4v) is 5.81. The molecule has 0 saturated heterocycles. The molecule has 0 aliphatic heterocycles. The quantitative estimate of drug-likeness (QED) is 0.0877. The van der Waals surface area contributed by atoms with Crippen LogP contribution >= 0.6 is 0 Å². The second kappa shape index (κ2) is 19.4. The molecule has 0 atom stereocenters. The Kier molecular flexibility index (Phi) is 13.4. The van der Waals surface area contributed by atoms with Crippen LogP contribution in [0.3, 0.4) is 0 Å². The number of aryl methyl sites for hydroxylation is 1. The number of nitrogens with zero attached hydrogens (tertiary/aromatic N) is 6. The number of nitrogens with two attached hydrogens (primary N) is 1. The number of carbonyl (C=O) groups excluding carboxylic acids is 1. The molecular formula is C47H46N10O3. The Hall–Kier alpha value is -8.06. The van der Waals surface area contributed by atoms with Gasteiger partial charge < -0.3 is 36.6 Å². The van der Waals surface area contributed by atoms with E-state index in [2.05, 4.69) is 35.9 Å². The van der Waals surface area contributed by atoms with E-state index in [0.29, 0.717) is 23.0 Å². The number of aromatic nitrogens is 4. The second-order valence-electron chi connectivity index (χ2n) is 14.1. The zero-order valence-corrected chi connectivity index (χ0v) is 34.0. The van der Waals surface area contributed by atoms with Gasteiger partial charge in [-0.05, 0) is 107 Å². The number of rotatable bonds is 9. The molecule has 0 aliphatic rings. The maximum Gasteiger partial charge on any atom is 0.335 e. The molecule has 60 heavy (non-hydrogen) atoms. The summed E-state index contributed by atoms with van der Waals surface area (Å²) in [6.45, 7) is 1.94. The number of anilines is 8. The maximum atomic E-state index is 12.6. The average molecular weight is 799 g/mol. The smallest absolute Gasteiger partial charge is 0.335 e. The van der Waals surface area contributed by atoms with Crippen molar-refractivity contribution in [2.45, 2.75) is 6.92 Å². The molecule has 2 heterocycles. The fourth-order valence-electron chi connectivity index (χ4n) is 5.81. The summed E-state index contributed by atoms with van der Waals surface area (Å²) >= 11 is 0. The van der Waals surface area contributed by atoms with Gasteiger partial charge in [0.1, 0.15) is 11.6 Å². The average Bonchev–Trinajstić information content (AvgIpc) is 3.25. The molecule has 8 rings (SSSR count). The van der Waals surface area contributed by atoms with E-state index in [-0.39, 0.29) is 5.91 Å². The van der Waals surface area contributed by atoms with E-state index in [0.717, 1.165) is 61.6 Å². The van der Waals surface area contributed by atoms with Crippen molar-refractivity contribution in [2.24, 2.45) is 0 Å². The first-order valence-electron chi connectivity index (χ1n) is 19.0. The van der Waals surface area contributed by atoms with E-state index in [1.165, 1.54) is 0 Å². The maximum absolute atomic E-state index is 12.6. The van der Waals surface area contributed by atoms with Crippen molar-refractivity contribution >= 4 is 79.7 Å². The Bertz CT molecular complexity index is 2720. The fraction of sp³-hybridized carbons (Fsp3) is 0.106. The molecule has 0 spiro atoms. The molecule has 302 valence electrons. The Morgan fingerprint density at radius 1 is 0.550 bits per heavy atom. The second-order valence-corrected chi connectivity index (χ2v) is 14.1. The van der Waals surface area contributed by atoms with Crippen LogP contribution in [0.4, 0.5) is 46.3 Å². The third-order valence-electron chi connectivity index (χ3n) is 8.97. The van der Waals surface area contributed by atoms with Gasteiger partial charge in [0.15, 0.2) is 0 Å². The molecule has 1 amide bonds. The SMILES string of the molecule is CN(C)c1ccnc(Nc2ccc(N)cc2)n1.Cc1cc(N(C)C)nc(Nc2ccc(NC(=O)c3ccc4ccccc4c3)cc2)n1.O=C(O)c1ccc2ccccc2c1. The van der Waals surface area contributed by atoms with E-state index in [1.807, 2.05) is 178 Å². The number of hydrogen-bond donors (Lipinski definition) is 5. The zero-order valence-electron chi connectivity index (χ0n) is 34.0. The van der Waals surface area contributed by atoms with Crippen LogP contribution in [0, 0.1) is 6.92 Å². The number of nitrogen functional groups attached to an aromatic ring is 1. The summed E-state index contributed by atoms with van der Waals surface area (Å²) < 4.78 is 0. The summed E-state index contributed by atoms with van der Waals surface area (Å²) in [6.07, 6.45) is 1.72. The normalized spacial score (nSPS) is 10.3. The molecule has 13 nitrogen and oxygen atoms in total. The van der Waals surface area contributed by atoms with Crippen molar-refractivity contribution < 1.29 is 14.7 Å². The topological polar surface area (TPSA) is 175 Å². The monoisotopic (exact) mass is 798 g/mol. The van der Waals surface area contributed by atoms with Gasteiger partial charge in [-0.15, -0.1) is 0 Å². The van der Waals surface area contributed by atoms with Gasteiger partial charge in [-0.1, -0.05) is 60.7 Å². The van der Waals surface area contributed by atoms with Crippen molar-refractivity contribution in [2.75, 3.05) is 59.7 Å². The molecule has 13 heteroatoms. The number of carbonyl (C=O) groups is 2. The third-order valence-corrected chi connectivity index (χ3v) is 8.97. The Labute approximate surface area is 348 Å². The minimum atomic E-state index is -0.884. The van der Waals surface area contributed by atoms with Gasteiger partial charge in [-0.2, -0.15) is 9.97 Å². The molecule has 6 aromatic carbocycles. The summed E-state index contributed by atoms with van der Waals surface area (Å²) in [5, 5.41) is 22.2. The van der Waals surface area contributed by atoms with Gasteiger partial charge in [-0.3, -0.25) is 4.79 Å². The molecule has 6 N–H and O–H groups in total. The number of fused-ring (bicyclic) bond motifs is 2. The number of benzene rings is 6. The summed E-state index contributed by atoms with van der Waals surface area (Å²) in [4.78, 5) is 44.6. The number of carboxylic acids is 1. The molecule has 0 bridgehead atoms. The summed E-state index contributed by atoms with van der Waals surface area (Å²) in [6, 6.07) is 45.2. The molecule has 0 fully saturated rings. The van der Waals surface area contributed by atoms with Crippen molar-refractivity contribution in [3.05, 3.63) is 169 Å². The van der Waals surface area contributed by atoms with Gasteiger partial charge in [0, 0.05) is 74.5 Å². The van der Waals surface area contributed by atoms with Gasteiger partial charge in [0.05, 0.1) is 5.56 Å². The third kappa shape index (κ3) is 11.5. The van der Waals surface area contributed by atoms with E-state index >= 15 is 0 Å². The van der Waals surface area contributed by atoms with Crippen LogP contribution in [0.2, 0.25) is 0 Å². The van der Waals surface area contributed by atoms with E-state index in [9.17, 15) is 9.59 Å². The number of carboxylic acid groups (broad SMARTS) is 1. The first-order chi connectivity index (χ1) is 28.9. The zero-order chi connectivity index (χ0) is 42.6. The van der Waals surface area contributed by atoms with Gasteiger partial charge >= 0.3 is 5.97 Å². The number of aromatic carboxylic acids is 1. The van der Waals surface area contributed by atoms with Gasteiger partial charge in [0.25, 0.3) is 5.91 Å². The highest BCUT2D eigenvalue weighted by molar-refractivity contribution is 6.06. The predicted octanol–water partition coefficient (Wildman–Crippen LogP) is 9.41. The Balaban J connectivity index is 0.000000169. The van der Waals surface area contributed by atoms with Gasteiger partial charge in [-0.25, -0.2) is 14.8 Å². The highest BCUT2D eigenvalue weighted by atomic mass is 16.4. The van der Waals surface area contributed by atoms with Crippen LogP contribution in [0.15, 0.2) is 152 Å². The Morgan fingerprint density at radius 3 is 1.63 bits per heavy atom. The molecule has 0 saturated carbocycles. The van der Waals surface area contributed by atoms with Crippen LogP contribution in [0.25, 0.3) is 21.5 Å². The molecule has 0 radical (unpaired) electrons.